The number of H-pyrrole nitrogens is 1. The predicted octanol–water partition coefficient (Wildman–Crippen LogP) is 1.90. The van der Waals surface area contributed by atoms with Crippen LogP contribution in [-0.2, 0) is 20.8 Å². The SMILES string of the molecule is O=C[C@H](C[C@@]1(C=O)CCNC1)NC(=O)[C@H](Cc1cccc(F)c1)NC(=O)c1cc2ccccc2[nH]1. The van der Waals surface area contributed by atoms with E-state index in [0.717, 1.165) is 17.2 Å². The van der Waals surface area contributed by atoms with E-state index in [1.807, 2.05) is 24.3 Å². The summed E-state index contributed by atoms with van der Waals surface area (Å²) in [6.07, 6.45) is 2.17. The van der Waals surface area contributed by atoms with E-state index in [1.54, 1.807) is 12.1 Å². The molecule has 1 fully saturated rings. The molecule has 182 valence electrons. The Balaban J connectivity index is 1.52. The zero-order valence-corrected chi connectivity index (χ0v) is 19.1. The zero-order chi connectivity index (χ0) is 24.8. The van der Waals surface area contributed by atoms with Crippen LogP contribution in [0.2, 0.25) is 0 Å². The number of halogens is 1. The highest BCUT2D eigenvalue weighted by Crippen LogP contribution is 2.28. The van der Waals surface area contributed by atoms with Crippen LogP contribution in [0.3, 0.4) is 0 Å². The number of para-hydroxylation sites is 1. The number of aldehydes is 2. The quantitative estimate of drug-likeness (QED) is 0.332. The molecule has 8 nitrogen and oxygen atoms in total. The highest BCUT2D eigenvalue weighted by atomic mass is 19.1. The number of aromatic amines is 1. The van der Waals surface area contributed by atoms with Crippen LogP contribution in [-0.4, -0.2) is 54.5 Å². The smallest absolute Gasteiger partial charge is 0.268 e. The summed E-state index contributed by atoms with van der Waals surface area (Å²) in [5, 5.41) is 9.31. The van der Waals surface area contributed by atoms with E-state index >= 15 is 0 Å². The second-order valence-corrected chi connectivity index (χ2v) is 8.99. The molecule has 3 atom stereocenters. The number of amides is 2. The Morgan fingerprint density at radius 3 is 2.60 bits per heavy atom. The minimum absolute atomic E-state index is 0.0154. The van der Waals surface area contributed by atoms with Crippen molar-refractivity contribution in [3.63, 3.8) is 0 Å². The largest absolute Gasteiger partial charge is 0.351 e. The highest BCUT2D eigenvalue weighted by Gasteiger charge is 2.37. The number of hydrogen-bond acceptors (Lipinski definition) is 5. The molecule has 0 saturated carbocycles. The van der Waals surface area contributed by atoms with Gasteiger partial charge in [-0.2, -0.15) is 0 Å². The number of rotatable bonds is 10. The van der Waals surface area contributed by atoms with E-state index in [9.17, 15) is 23.6 Å². The second kappa shape index (κ2) is 10.6. The monoisotopic (exact) mass is 478 g/mol. The number of benzene rings is 2. The van der Waals surface area contributed by atoms with Gasteiger partial charge in [-0.1, -0.05) is 30.3 Å². The standard InChI is InChI=1S/C26H27FN4O4/c27-19-6-3-4-17(10-19)11-22(31-25(35)23-12-18-5-1-2-7-21(18)30-23)24(34)29-20(14-32)13-26(16-33)8-9-28-15-26/h1-7,10,12,14,16,20,22,28,30H,8-9,11,13,15H2,(H,29,34)(H,31,35)/t20-,22-,26-/m0/s1. The Kier molecular flexibility index (Phi) is 7.36. The summed E-state index contributed by atoms with van der Waals surface area (Å²) < 4.78 is 13.8. The number of nitrogens with one attached hydrogen (secondary N) is 4. The Bertz CT molecular complexity index is 1200. The molecular formula is C26H27FN4O4. The van der Waals surface area contributed by atoms with Gasteiger partial charge in [-0.25, -0.2) is 4.39 Å². The molecule has 0 unspecified atom stereocenters. The third-order valence-electron chi connectivity index (χ3n) is 6.37. The molecule has 0 radical (unpaired) electrons. The van der Waals surface area contributed by atoms with Crippen molar-refractivity contribution in [2.45, 2.75) is 31.3 Å². The maximum absolute atomic E-state index is 13.8. The minimum atomic E-state index is -1.08. The number of aromatic nitrogens is 1. The lowest BCUT2D eigenvalue weighted by atomic mass is 9.82. The van der Waals surface area contributed by atoms with E-state index in [2.05, 4.69) is 20.9 Å². The normalized spacial score (nSPS) is 19.1. The van der Waals surface area contributed by atoms with Crippen LogP contribution in [0.25, 0.3) is 10.9 Å². The zero-order valence-electron chi connectivity index (χ0n) is 19.1. The maximum atomic E-state index is 13.8. The van der Waals surface area contributed by atoms with Crippen LogP contribution in [0.1, 0.15) is 28.9 Å². The molecule has 3 aromatic rings. The summed E-state index contributed by atoms with van der Waals surface area (Å²) in [4.78, 5) is 52.7. The van der Waals surface area contributed by atoms with Gasteiger partial charge < -0.3 is 30.5 Å². The van der Waals surface area contributed by atoms with Crippen molar-refractivity contribution in [3.8, 4) is 0 Å². The third kappa shape index (κ3) is 5.81. The van der Waals surface area contributed by atoms with Gasteiger partial charge in [0.1, 0.15) is 30.1 Å². The molecule has 4 N–H and O–H groups in total. The summed E-state index contributed by atoms with van der Waals surface area (Å²) in [5.74, 6) is -1.57. The second-order valence-electron chi connectivity index (χ2n) is 8.99. The van der Waals surface area contributed by atoms with E-state index in [1.165, 1.54) is 18.2 Å². The fraction of sp³-hybridized carbons (Fsp3) is 0.308. The molecule has 2 amide bonds. The predicted molar refractivity (Wildman–Crippen MR) is 128 cm³/mol. The lowest BCUT2D eigenvalue weighted by Crippen LogP contribution is -2.52. The maximum Gasteiger partial charge on any atom is 0.268 e. The summed E-state index contributed by atoms with van der Waals surface area (Å²) in [7, 11) is 0. The van der Waals surface area contributed by atoms with Crippen LogP contribution in [0.15, 0.2) is 54.6 Å². The molecule has 2 heterocycles. The lowest BCUT2D eigenvalue weighted by Gasteiger charge is -2.26. The van der Waals surface area contributed by atoms with Crippen molar-refractivity contribution in [2.75, 3.05) is 13.1 Å². The summed E-state index contributed by atoms with van der Waals surface area (Å²) in [6.45, 7) is 1.08. The average molecular weight is 479 g/mol. The Labute approximate surface area is 201 Å². The summed E-state index contributed by atoms with van der Waals surface area (Å²) in [5.41, 5.74) is 0.820. The number of carbonyl (C=O) groups excluding carboxylic acids is 4. The molecular weight excluding hydrogens is 451 g/mol. The van der Waals surface area contributed by atoms with E-state index in [4.69, 9.17) is 0 Å². The molecule has 1 aliphatic rings. The van der Waals surface area contributed by atoms with Gasteiger partial charge in [-0.15, -0.1) is 0 Å². The molecule has 0 spiro atoms. The van der Waals surface area contributed by atoms with Gasteiger partial charge >= 0.3 is 0 Å². The van der Waals surface area contributed by atoms with E-state index in [-0.39, 0.29) is 18.5 Å². The van der Waals surface area contributed by atoms with Gasteiger partial charge in [0.15, 0.2) is 0 Å². The van der Waals surface area contributed by atoms with Crippen molar-refractivity contribution in [1.29, 1.82) is 0 Å². The molecule has 0 aliphatic carbocycles. The van der Waals surface area contributed by atoms with Gasteiger partial charge in [0.05, 0.1) is 6.04 Å². The molecule has 9 heteroatoms. The highest BCUT2D eigenvalue weighted by molar-refractivity contribution is 6.00. The van der Waals surface area contributed by atoms with Gasteiger partial charge in [0.25, 0.3) is 5.91 Å². The van der Waals surface area contributed by atoms with Crippen LogP contribution in [0.5, 0.6) is 0 Å². The minimum Gasteiger partial charge on any atom is -0.351 e. The number of hydrogen-bond donors (Lipinski definition) is 4. The average Bonchev–Trinajstić information content (AvgIpc) is 3.51. The lowest BCUT2D eigenvalue weighted by molar-refractivity contribution is -0.127. The fourth-order valence-electron chi connectivity index (χ4n) is 4.48. The van der Waals surface area contributed by atoms with Crippen LogP contribution in [0, 0.1) is 11.2 Å². The molecule has 1 saturated heterocycles. The van der Waals surface area contributed by atoms with Crippen molar-refractivity contribution >= 4 is 35.3 Å². The fourth-order valence-corrected chi connectivity index (χ4v) is 4.48. The van der Waals surface area contributed by atoms with Crippen LogP contribution < -0.4 is 16.0 Å². The van der Waals surface area contributed by atoms with Crippen molar-refractivity contribution in [2.24, 2.45) is 5.41 Å². The van der Waals surface area contributed by atoms with Crippen LogP contribution in [0.4, 0.5) is 4.39 Å². The number of fused-ring (bicyclic) bond motifs is 1. The van der Waals surface area contributed by atoms with Crippen LogP contribution >= 0.6 is 0 Å². The molecule has 4 rings (SSSR count). The first-order valence-electron chi connectivity index (χ1n) is 11.5. The Hall–Kier alpha value is -3.85. The van der Waals surface area contributed by atoms with Gasteiger partial charge in [0, 0.05) is 29.3 Å². The summed E-state index contributed by atoms with van der Waals surface area (Å²) >= 11 is 0. The Morgan fingerprint density at radius 2 is 1.91 bits per heavy atom. The van der Waals surface area contributed by atoms with Crippen molar-refractivity contribution in [1.82, 2.24) is 20.9 Å². The van der Waals surface area contributed by atoms with Crippen molar-refractivity contribution in [3.05, 3.63) is 71.7 Å². The Morgan fingerprint density at radius 1 is 1.09 bits per heavy atom. The molecule has 1 aromatic heterocycles. The third-order valence-corrected chi connectivity index (χ3v) is 6.37. The van der Waals surface area contributed by atoms with E-state index in [0.29, 0.717) is 31.4 Å². The van der Waals surface area contributed by atoms with Gasteiger partial charge in [0.2, 0.25) is 5.91 Å². The van der Waals surface area contributed by atoms with Crippen molar-refractivity contribution < 1.29 is 23.6 Å². The number of carbonyl (C=O) groups is 4. The van der Waals surface area contributed by atoms with Gasteiger partial charge in [-0.05, 0) is 49.2 Å². The first kappa shape index (κ1) is 24.3. The molecule has 2 aromatic carbocycles. The summed E-state index contributed by atoms with van der Waals surface area (Å²) in [6, 6.07) is 12.8. The van der Waals surface area contributed by atoms with E-state index < -0.39 is 35.1 Å². The first-order chi connectivity index (χ1) is 16.9. The topological polar surface area (TPSA) is 120 Å². The first-order valence-corrected chi connectivity index (χ1v) is 11.5. The molecule has 35 heavy (non-hydrogen) atoms. The molecule has 1 aliphatic heterocycles. The van der Waals surface area contributed by atoms with Gasteiger partial charge in [-0.3, -0.25) is 9.59 Å². The molecule has 0 bridgehead atoms.